The number of halogens is 1. The highest BCUT2D eigenvalue weighted by atomic mass is 32.2. The summed E-state index contributed by atoms with van der Waals surface area (Å²) in [6, 6.07) is 25.9. The molecule has 6 rings (SSSR count). The molecule has 0 amide bonds. The number of esters is 1. The third-order valence-electron chi connectivity index (χ3n) is 8.17. The number of rotatable bonds is 6. The van der Waals surface area contributed by atoms with Crippen molar-refractivity contribution in [2.45, 2.75) is 31.6 Å². The molecule has 0 saturated carbocycles. The van der Waals surface area contributed by atoms with Gasteiger partial charge in [-0.15, -0.1) is 11.3 Å². The maximum Gasteiger partial charge on any atom is 0.311 e. The normalized spacial score (nSPS) is 14.6. The summed E-state index contributed by atoms with van der Waals surface area (Å²) in [5, 5.41) is 12.6. The Bertz CT molecular complexity index is 1830. The molecule has 0 bridgehead atoms. The lowest BCUT2D eigenvalue weighted by atomic mass is 9.80. The predicted molar refractivity (Wildman–Crippen MR) is 169 cm³/mol. The minimum absolute atomic E-state index is 0.158. The molecule has 8 heteroatoms. The first-order chi connectivity index (χ1) is 20.3. The molecule has 42 heavy (non-hydrogen) atoms. The van der Waals surface area contributed by atoms with Crippen LogP contribution in [0.4, 0.5) is 10.1 Å². The van der Waals surface area contributed by atoms with Crippen LogP contribution >= 0.6 is 23.3 Å². The first-order valence-electron chi connectivity index (χ1n) is 13.8. The summed E-state index contributed by atoms with van der Waals surface area (Å²) in [6.07, 6.45) is 1.41. The van der Waals surface area contributed by atoms with Crippen LogP contribution in [0, 0.1) is 29.5 Å². The first kappa shape index (κ1) is 28.1. The van der Waals surface area contributed by atoms with Gasteiger partial charge in [-0.3, -0.25) is 8.77 Å². The molecule has 212 valence electrons. The molecule has 3 aromatic carbocycles. The van der Waals surface area contributed by atoms with Gasteiger partial charge in [0.25, 0.3) is 0 Å². The van der Waals surface area contributed by atoms with Gasteiger partial charge < -0.3 is 9.64 Å². The van der Waals surface area contributed by atoms with E-state index in [0.29, 0.717) is 17.7 Å². The molecule has 5 nitrogen and oxygen atoms in total. The predicted octanol–water partition coefficient (Wildman–Crippen LogP) is 8.69. The number of benzene rings is 3. The summed E-state index contributed by atoms with van der Waals surface area (Å²) in [7, 11) is 1.45. The number of hydrogen-bond acceptors (Lipinski definition) is 6. The topological polar surface area (TPSA) is 58.3 Å². The van der Waals surface area contributed by atoms with E-state index in [0.717, 1.165) is 57.0 Å². The fraction of sp³-hybridized carbons (Fsp3) is 0.235. The Hall–Kier alpha value is -4.06. The molecule has 0 spiro atoms. The number of methoxy groups -OCH3 is 1. The highest BCUT2D eigenvalue weighted by Crippen LogP contribution is 2.47. The van der Waals surface area contributed by atoms with E-state index >= 15 is 0 Å². The summed E-state index contributed by atoms with van der Waals surface area (Å²) < 4.78 is 22.0. The number of aryl methyl sites for hydroxylation is 1. The highest BCUT2D eigenvalue weighted by Gasteiger charge is 2.38. The molecular weight excluding hydrogens is 566 g/mol. The van der Waals surface area contributed by atoms with Crippen LogP contribution in [0.3, 0.4) is 0 Å². The van der Waals surface area contributed by atoms with Crippen molar-refractivity contribution in [3.8, 4) is 28.5 Å². The number of nitrogens with zero attached hydrogens (tertiary/aromatic N) is 3. The molecule has 1 aliphatic heterocycles. The van der Waals surface area contributed by atoms with Crippen LogP contribution in [0.2, 0.25) is 0 Å². The quantitative estimate of drug-likeness (QED) is 0.184. The number of ether oxygens (including phenoxy) is 1. The number of hydrogen-bond donors (Lipinski definition) is 0. The Kier molecular flexibility index (Phi) is 7.56. The lowest BCUT2D eigenvalue weighted by Crippen LogP contribution is -2.43. The third-order valence-corrected chi connectivity index (χ3v) is 10.0. The summed E-state index contributed by atoms with van der Waals surface area (Å²) in [6.45, 7) is 5.51. The largest absolute Gasteiger partial charge is 0.469 e. The van der Waals surface area contributed by atoms with Gasteiger partial charge in [-0.1, -0.05) is 29.8 Å². The Morgan fingerprint density at radius 1 is 1.07 bits per heavy atom. The number of piperidine rings is 1. The van der Waals surface area contributed by atoms with Crippen molar-refractivity contribution >= 4 is 45.8 Å². The van der Waals surface area contributed by atoms with Crippen molar-refractivity contribution in [3.63, 3.8) is 0 Å². The third kappa shape index (κ3) is 5.08. The Morgan fingerprint density at radius 3 is 2.55 bits per heavy atom. The molecule has 0 radical (unpaired) electrons. The number of carbonyl (C=O) groups is 1. The first-order valence-corrected chi connectivity index (χ1v) is 15.5. The van der Waals surface area contributed by atoms with Gasteiger partial charge in [0.1, 0.15) is 16.8 Å². The second-order valence-electron chi connectivity index (χ2n) is 10.9. The molecule has 0 N–H and O–H groups in total. The van der Waals surface area contributed by atoms with Gasteiger partial charge in [0.05, 0.1) is 23.7 Å². The molecule has 3 heterocycles. The van der Waals surface area contributed by atoms with Crippen LogP contribution < -0.4 is 4.90 Å². The molecule has 0 aliphatic carbocycles. The van der Waals surface area contributed by atoms with Crippen molar-refractivity contribution in [1.82, 2.24) is 3.97 Å². The van der Waals surface area contributed by atoms with E-state index in [1.807, 2.05) is 30.5 Å². The van der Waals surface area contributed by atoms with Crippen molar-refractivity contribution in [2.75, 3.05) is 25.1 Å². The number of fused-ring (bicyclic) bond motifs is 1. The van der Waals surface area contributed by atoms with Gasteiger partial charge in [-0.25, -0.2) is 4.39 Å². The minimum Gasteiger partial charge on any atom is -0.469 e. The van der Waals surface area contributed by atoms with E-state index in [2.05, 4.69) is 64.3 Å². The average molecular weight is 596 g/mol. The molecule has 5 aromatic rings. The maximum absolute atomic E-state index is 14.8. The fourth-order valence-corrected chi connectivity index (χ4v) is 7.42. The Balaban J connectivity index is 1.52. The zero-order chi connectivity index (χ0) is 29.4. The molecular formula is C34H30FN3O2S2. The second kappa shape index (κ2) is 11.3. The molecule has 2 aromatic heterocycles. The average Bonchev–Trinajstić information content (AvgIpc) is 3.60. The zero-order valence-corrected chi connectivity index (χ0v) is 25.3. The summed E-state index contributed by atoms with van der Waals surface area (Å²) in [5.74, 6) is -0.480. The fourth-order valence-electron chi connectivity index (χ4n) is 5.72. The Morgan fingerprint density at radius 2 is 1.83 bits per heavy atom. The monoisotopic (exact) mass is 595 g/mol. The van der Waals surface area contributed by atoms with E-state index < -0.39 is 5.41 Å². The smallest absolute Gasteiger partial charge is 0.311 e. The zero-order valence-electron chi connectivity index (χ0n) is 23.7. The molecule has 1 aliphatic rings. The highest BCUT2D eigenvalue weighted by molar-refractivity contribution is 7.98. The van der Waals surface area contributed by atoms with Crippen LogP contribution in [-0.2, 0) is 9.53 Å². The van der Waals surface area contributed by atoms with Crippen molar-refractivity contribution < 1.29 is 13.9 Å². The molecule has 1 saturated heterocycles. The Labute approximate surface area is 253 Å². The van der Waals surface area contributed by atoms with Crippen molar-refractivity contribution in [1.29, 1.82) is 5.26 Å². The summed E-state index contributed by atoms with van der Waals surface area (Å²) >= 11 is 2.97. The van der Waals surface area contributed by atoms with Crippen molar-refractivity contribution in [3.05, 3.63) is 94.4 Å². The van der Waals surface area contributed by atoms with Gasteiger partial charge in [0, 0.05) is 45.7 Å². The molecule has 1 fully saturated rings. The van der Waals surface area contributed by atoms with Gasteiger partial charge in [0.15, 0.2) is 0 Å². The number of thiophene rings is 1. The standard InChI is InChI=1S/C34H30FN3O2S2/c1-22-7-10-26(11-8-22)42-38-29-12-9-24(35)20-28(29)31(27-13-18-41-30(27)21-36)32(38)23-5-4-6-25(19-23)37-16-14-34(2,15-17-37)33(39)40-3/h4-13,18-20H,14-17H2,1-3H3. The van der Waals surface area contributed by atoms with Crippen LogP contribution in [0.15, 0.2) is 83.1 Å². The van der Waals surface area contributed by atoms with Crippen LogP contribution in [0.1, 0.15) is 30.2 Å². The number of anilines is 1. The van der Waals surface area contributed by atoms with E-state index in [-0.39, 0.29) is 11.8 Å². The van der Waals surface area contributed by atoms with E-state index in [4.69, 9.17) is 4.74 Å². The van der Waals surface area contributed by atoms with Crippen LogP contribution in [0.25, 0.3) is 33.3 Å². The lowest BCUT2D eigenvalue weighted by molar-refractivity contribution is -0.152. The van der Waals surface area contributed by atoms with Crippen LogP contribution in [-0.4, -0.2) is 30.1 Å². The van der Waals surface area contributed by atoms with E-state index in [1.165, 1.54) is 30.1 Å². The van der Waals surface area contributed by atoms with Gasteiger partial charge >= 0.3 is 5.97 Å². The maximum atomic E-state index is 14.8. The van der Waals surface area contributed by atoms with Crippen molar-refractivity contribution in [2.24, 2.45) is 5.41 Å². The molecule has 0 atom stereocenters. The second-order valence-corrected chi connectivity index (χ2v) is 12.9. The summed E-state index contributed by atoms with van der Waals surface area (Å²) in [5.41, 5.74) is 6.14. The summed E-state index contributed by atoms with van der Waals surface area (Å²) in [4.78, 5) is 16.3. The van der Waals surface area contributed by atoms with E-state index in [9.17, 15) is 14.4 Å². The van der Waals surface area contributed by atoms with E-state index in [1.54, 1.807) is 18.0 Å². The van der Waals surface area contributed by atoms with Crippen LogP contribution in [0.5, 0.6) is 0 Å². The molecule has 0 unspecified atom stereocenters. The lowest BCUT2D eigenvalue weighted by Gasteiger charge is -2.38. The number of nitriles is 1. The van der Waals surface area contributed by atoms with Gasteiger partial charge in [0.2, 0.25) is 0 Å². The number of aromatic nitrogens is 1. The minimum atomic E-state index is -0.482. The SMILES string of the molecule is COC(=O)C1(C)CCN(c2cccc(-c3c(-c4ccsc4C#N)c4cc(F)ccc4n3Sc3ccc(C)cc3)c2)CC1. The van der Waals surface area contributed by atoms with Gasteiger partial charge in [-0.2, -0.15) is 5.26 Å². The van der Waals surface area contributed by atoms with Gasteiger partial charge in [-0.05, 0) is 92.5 Å². The number of carbonyl (C=O) groups excluding carboxylic acids is 1.